The number of hydrogen-bond donors (Lipinski definition) is 1. The maximum atomic E-state index is 11.3. The van der Waals surface area contributed by atoms with Gasteiger partial charge in [0.15, 0.2) is 11.5 Å². The molecule has 1 N–H and O–H groups in total. The summed E-state index contributed by atoms with van der Waals surface area (Å²) in [5, 5.41) is 9.23. The average Bonchev–Trinajstić information content (AvgIpc) is 2.85. The highest BCUT2D eigenvalue weighted by atomic mass is 16.5. The lowest BCUT2D eigenvalue weighted by atomic mass is 10.0. The first-order chi connectivity index (χ1) is 16.0. The minimum absolute atomic E-state index is 0.160. The summed E-state index contributed by atoms with van der Waals surface area (Å²) in [7, 11) is 6.28. The third-order valence-corrected chi connectivity index (χ3v) is 5.42. The monoisotopic (exact) mass is 451 g/mol. The van der Waals surface area contributed by atoms with E-state index in [1.807, 2.05) is 36.4 Å². The van der Waals surface area contributed by atoms with Crippen LogP contribution >= 0.6 is 0 Å². The predicted octanol–water partition coefficient (Wildman–Crippen LogP) is 4.38. The van der Waals surface area contributed by atoms with Gasteiger partial charge in [0.25, 0.3) is 0 Å². The van der Waals surface area contributed by atoms with Crippen molar-refractivity contribution in [2.75, 3.05) is 28.4 Å². The first kappa shape index (κ1) is 23.9. The van der Waals surface area contributed by atoms with Crippen LogP contribution in [0.3, 0.4) is 0 Å². The van der Waals surface area contributed by atoms with Crippen LogP contribution in [0, 0.1) is 0 Å². The number of aryl methyl sites for hydroxylation is 4. The van der Waals surface area contributed by atoms with E-state index in [1.54, 1.807) is 33.5 Å². The van der Waals surface area contributed by atoms with Gasteiger partial charge in [0.2, 0.25) is 5.75 Å². The molecule has 0 spiro atoms. The summed E-state index contributed by atoms with van der Waals surface area (Å²) >= 11 is 0. The molecule has 1 heterocycles. The highest BCUT2D eigenvalue weighted by Crippen LogP contribution is 2.38. The SMILES string of the molecule is COc1cc(CCc2cccc(CCc3cc(OC)c(OC)c(OC)c3)n2)ccc1C(=O)O. The zero-order valence-electron chi connectivity index (χ0n) is 19.4. The summed E-state index contributed by atoms with van der Waals surface area (Å²) in [6, 6.07) is 15.1. The van der Waals surface area contributed by atoms with E-state index in [0.29, 0.717) is 23.0 Å². The summed E-state index contributed by atoms with van der Waals surface area (Å²) in [6.07, 6.45) is 3.03. The van der Waals surface area contributed by atoms with Gasteiger partial charge in [-0.3, -0.25) is 4.98 Å². The number of pyridine rings is 1. The fourth-order valence-corrected chi connectivity index (χ4v) is 3.70. The minimum Gasteiger partial charge on any atom is -0.496 e. The lowest BCUT2D eigenvalue weighted by Gasteiger charge is -2.14. The van der Waals surface area contributed by atoms with Gasteiger partial charge in [-0.1, -0.05) is 12.1 Å². The Balaban J connectivity index is 1.67. The number of methoxy groups -OCH3 is 4. The number of carbonyl (C=O) groups is 1. The number of hydrogen-bond acceptors (Lipinski definition) is 6. The highest BCUT2D eigenvalue weighted by molar-refractivity contribution is 5.91. The Morgan fingerprint density at radius 2 is 1.27 bits per heavy atom. The van der Waals surface area contributed by atoms with Crippen LogP contribution in [0.5, 0.6) is 23.0 Å². The van der Waals surface area contributed by atoms with Crippen LogP contribution in [-0.2, 0) is 25.7 Å². The number of aromatic nitrogens is 1. The van der Waals surface area contributed by atoms with E-state index >= 15 is 0 Å². The third kappa shape index (κ3) is 5.94. The number of carboxylic acids is 1. The molecule has 3 rings (SSSR count). The molecule has 0 unspecified atom stereocenters. The molecule has 0 saturated heterocycles. The van der Waals surface area contributed by atoms with Gasteiger partial charge in [-0.05, 0) is 73.2 Å². The maximum Gasteiger partial charge on any atom is 0.339 e. The van der Waals surface area contributed by atoms with Crippen molar-refractivity contribution < 1.29 is 28.8 Å². The summed E-state index contributed by atoms with van der Waals surface area (Å²) in [5.41, 5.74) is 4.22. The van der Waals surface area contributed by atoms with Crippen molar-refractivity contribution in [3.63, 3.8) is 0 Å². The zero-order valence-corrected chi connectivity index (χ0v) is 19.4. The van der Waals surface area contributed by atoms with Crippen molar-refractivity contribution in [1.82, 2.24) is 4.98 Å². The van der Waals surface area contributed by atoms with Crippen LogP contribution in [0.25, 0.3) is 0 Å². The van der Waals surface area contributed by atoms with Gasteiger partial charge < -0.3 is 24.1 Å². The van der Waals surface area contributed by atoms with Gasteiger partial charge in [0.05, 0.1) is 28.4 Å². The molecule has 0 aliphatic rings. The van der Waals surface area contributed by atoms with Crippen LogP contribution in [0.1, 0.15) is 32.9 Å². The van der Waals surface area contributed by atoms with E-state index in [1.165, 1.54) is 7.11 Å². The number of ether oxygens (including phenoxy) is 4. The fraction of sp³-hybridized carbons (Fsp3) is 0.308. The molecular formula is C26H29NO6. The maximum absolute atomic E-state index is 11.3. The minimum atomic E-state index is -1.00. The van der Waals surface area contributed by atoms with E-state index in [0.717, 1.165) is 48.2 Å². The molecular weight excluding hydrogens is 422 g/mol. The molecule has 2 aromatic carbocycles. The first-order valence-electron chi connectivity index (χ1n) is 10.6. The molecule has 0 aliphatic carbocycles. The van der Waals surface area contributed by atoms with Gasteiger partial charge in [-0.25, -0.2) is 4.79 Å². The Kier molecular flexibility index (Phi) is 8.13. The summed E-state index contributed by atoms with van der Waals surface area (Å²) in [6.45, 7) is 0. The molecule has 0 radical (unpaired) electrons. The Bertz CT molecular complexity index is 1090. The molecule has 3 aromatic rings. The largest absolute Gasteiger partial charge is 0.496 e. The lowest BCUT2D eigenvalue weighted by molar-refractivity contribution is 0.0693. The van der Waals surface area contributed by atoms with Crippen LogP contribution in [0.15, 0.2) is 48.5 Å². The second-order valence-electron chi connectivity index (χ2n) is 7.49. The number of nitrogens with zero attached hydrogens (tertiary/aromatic N) is 1. The van der Waals surface area contributed by atoms with E-state index in [4.69, 9.17) is 23.9 Å². The molecule has 7 nitrogen and oxygen atoms in total. The first-order valence-corrected chi connectivity index (χ1v) is 10.6. The van der Waals surface area contributed by atoms with E-state index < -0.39 is 5.97 Å². The normalized spacial score (nSPS) is 10.5. The van der Waals surface area contributed by atoms with Crippen LogP contribution in [0.2, 0.25) is 0 Å². The molecule has 0 saturated carbocycles. The van der Waals surface area contributed by atoms with Crippen molar-refractivity contribution >= 4 is 5.97 Å². The van der Waals surface area contributed by atoms with Crippen LogP contribution in [0.4, 0.5) is 0 Å². The lowest BCUT2D eigenvalue weighted by Crippen LogP contribution is -2.03. The molecule has 33 heavy (non-hydrogen) atoms. The summed E-state index contributed by atoms with van der Waals surface area (Å²) in [4.78, 5) is 16.1. The van der Waals surface area contributed by atoms with Gasteiger partial charge in [0, 0.05) is 11.4 Å². The van der Waals surface area contributed by atoms with Gasteiger partial charge in [-0.15, -0.1) is 0 Å². The molecule has 0 aliphatic heterocycles. The van der Waals surface area contributed by atoms with E-state index in [-0.39, 0.29) is 5.56 Å². The van der Waals surface area contributed by atoms with Crippen LogP contribution in [-0.4, -0.2) is 44.5 Å². The second kappa shape index (κ2) is 11.2. The van der Waals surface area contributed by atoms with E-state index in [9.17, 15) is 9.90 Å². The Morgan fingerprint density at radius 1 is 0.727 bits per heavy atom. The van der Waals surface area contributed by atoms with Crippen LogP contribution < -0.4 is 18.9 Å². The second-order valence-corrected chi connectivity index (χ2v) is 7.49. The summed E-state index contributed by atoms with van der Waals surface area (Å²) < 4.78 is 21.5. The molecule has 0 atom stereocenters. The highest BCUT2D eigenvalue weighted by Gasteiger charge is 2.14. The topological polar surface area (TPSA) is 87.1 Å². The van der Waals surface area contributed by atoms with E-state index in [2.05, 4.69) is 0 Å². The Labute approximate surface area is 193 Å². The Hall–Kier alpha value is -3.74. The Morgan fingerprint density at radius 3 is 1.79 bits per heavy atom. The number of aromatic carboxylic acids is 1. The number of rotatable bonds is 11. The molecule has 174 valence electrons. The van der Waals surface area contributed by atoms with Gasteiger partial charge in [-0.2, -0.15) is 0 Å². The molecule has 1 aromatic heterocycles. The molecule has 0 amide bonds. The quantitative estimate of drug-likeness (QED) is 0.463. The van der Waals surface area contributed by atoms with Gasteiger partial charge in [0.1, 0.15) is 11.3 Å². The molecule has 0 fully saturated rings. The predicted molar refractivity (Wildman–Crippen MR) is 125 cm³/mol. The average molecular weight is 452 g/mol. The fourth-order valence-electron chi connectivity index (χ4n) is 3.70. The smallest absolute Gasteiger partial charge is 0.339 e. The van der Waals surface area contributed by atoms with Crippen molar-refractivity contribution in [1.29, 1.82) is 0 Å². The van der Waals surface area contributed by atoms with Crippen molar-refractivity contribution in [2.45, 2.75) is 25.7 Å². The van der Waals surface area contributed by atoms with Crippen molar-refractivity contribution in [3.05, 3.63) is 76.6 Å². The zero-order chi connectivity index (χ0) is 23.8. The molecule has 0 bridgehead atoms. The molecule has 7 heteroatoms. The van der Waals surface area contributed by atoms with Crippen molar-refractivity contribution in [3.8, 4) is 23.0 Å². The standard InChI is InChI=1S/C26H29NO6/c1-30-22-14-17(10-13-21(22)26(28)29)8-11-19-6-5-7-20(27-19)12-9-18-15-23(31-2)25(33-4)24(16-18)32-3/h5-7,10,13-16H,8-9,11-12H2,1-4H3,(H,28,29). The summed E-state index contributed by atoms with van der Waals surface area (Å²) in [5.74, 6) is 1.22. The third-order valence-electron chi connectivity index (χ3n) is 5.42. The van der Waals surface area contributed by atoms with Gasteiger partial charge >= 0.3 is 5.97 Å². The number of carboxylic acid groups (broad SMARTS) is 1. The van der Waals surface area contributed by atoms with Crippen molar-refractivity contribution in [2.24, 2.45) is 0 Å². The number of benzene rings is 2.